The van der Waals surface area contributed by atoms with Gasteiger partial charge in [-0.1, -0.05) is 18.0 Å². The highest BCUT2D eigenvalue weighted by Crippen LogP contribution is 2.19. The average Bonchev–Trinajstić information content (AvgIpc) is 2.33. The first-order valence-electron chi connectivity index (χ1n) is 6.15. The van der Waals surface area contributed by atoms with Gasteiger partial charge in [0.2, 0.25) is 5.88 Å². The molecule has 1 aromatic heterocycles. The van der Waals surface area contributed by atoms with Gasteiger partial charge in [-0.2, -0.15) is 11.8 Å². The first-order valence-corrected chi connectivity index (χ1v) is 7.92. The summed E-state index contributed by atoms with van der Waals surface area (Å²) in [6, 6.07) is 3.81. The zero-order valence-corrected chi connectivity index (χ0v) is 12.3. The second-order valence-corrected chi connectivity index (χ2v) is 5.31. The highest BCUT2D eigenvalue weighted by Gasteiger charge is 2.02. The zero-order valence-electron chi connectivity index (χ0n) is 10.7. The molecule has 0 saturated heterocycles. The first kappa shape index (κ1) is 15.6. The molecule has 5 heteroatoms. The van der Waals surface area contributed by atoms with Crippen molar-refractivity contribution in [2.45, 2.75) is 31.4 Å². The number of thioether (sulfide) groups is 1. The Morgan fingerprint density at radius 2 is 2.06 bits per heavy atom. The summed E-state index contributed by atoms with van der Waals surface area (Å²) in [4.78, 5) is 4.14. The number of aromatic nitrogens is 1. The van der Waals surface area contributed by atoms with Crippen LogP contribution >= 0.6 is 23.4 Å². The third kappa shape index (κ3) is 6.47. The van der Waals surface area contributed by atoms with Gasteiger partial charge in [0.05, 0.1) is 6.61 Å². The van der Waals surface area contributed by atoms with E-state index in [0.29, 0.717) is 17.6 Å². The first-order chi connectivity index (χ1) is 8.76. The van der Waals surface area contributed by atoms with Crippen molar-refractivity contribution in [3.8, 4) is 5.88 Å². The fraction of sp³-hybridized carbons (Fsp3) is 0.615. The molecular weight excluding hydrogens is 270 g/mol. The highest BCUT2D eigenvalue weighted by molar-refractivity contribution is 7.97. The Balaban J connectivity index is 2.32. The van der Waals surface area contributed by atoms with Gasteiger partial charge in [-0.05, 0) is 37.1 Å². The molecule has 102 valence electrons. The number of halogens is 1. The van der Waals surface area contributed by atoms with Crippen LogP contribution in [-0.2, 0) is 5.75 Å². The van der Waals surface area contributed by atoms with Crippen molar-refractivity contribution >= 4 is 23.4 Å². The van der Waals surface area contributed by atoms with E-state index < -0.39 is 0 Å². The second-order valence-electron chi connectivity index (χ2n) is 4.06. The number of hydrogen-bond acceptors (Lipinski definition) is 4. The number of aliphatic hydroxyl groups excluding tert-OH is 1. The topological polar surface area (TPSA) is 42.4 Å². The van der Waals surface area contributed by atoms with Crippen LogP contribution in [0.2, 0.25) is 5.15 Å². The molecule has 0 fully saturated rings. The number of nitrogens with zero attached hydrogens (tertiary/aromatic N) is 1. The molecule has 0 saturated carbocycles. The number of pyridine rings is 1. The van der Waals surface area contributed by atoms with Crippen molar-refractivity contribution in [1.82, 2.24) is 4.98 Å². The maximum Gasteiger partial charge on any atom is 0.214 e. The summed E-state index contributed by atoms with van der Waals surface area (Å²) < 4.78 is 5.59. The van der Waals surface area contributed by atoms with Crippen molar-refractivity contribution in [2.24, 2.45) is 0 Å². The highest BCUT2D eigenvalue weighted by atomic mass is 35.5. The molecule has 1 rings (SSSR count). The van der Waals surface area contributed by atoms with Gasteiger partial charge in [0, 0.05) is 18.4 Å². The Hall–Kier alpha value is -0.450. The van der Waals surface area contributed by atoms with Crippen LogP contribution < -0.4 is 4.74 Å². The molecule has 1 N–H and O–H groups in total. The Morgan fingerprint density at radius 3 is 2.78 bits per heavy atom. The van der Waals surface area contributed by atoms with Crippen LogP contribution in [0.25, 0.3) is 0 Å². The van der Waals surface area contributed by atoms with Crippen molar-refractivity contribution in [3.05, 3.63) is 22.8 Å². The molecule has 1 aromatic rings. The van der Waals surface area contributed by atoms with E-state index in [0.717, 1.165) is 37.0 Å². The predicted molar refractivity (Wildman–Crippen MR) is 77.5 cm³/mol. The third-order valence-electron chi connectivity index (χ3n) is 2.44. The van der Waals surface area contributed by atoms with Gasteiger partial charge in [0.1, 0.15) is 5.15 Å². The van der Waals surface area contributed by atoms with Gasteiger partial charge in [-0.15, -0.1) is 0 Å². The van der Waals surface area contributed by atoms with E-state index in [1.807, 2.05) is 12.1 Å². The molecule has 3 nitrogen and oxygen atoms in total. The van der Waals surface area contributed by atoms with E-state index in [-0.39, 0.29) is 6.61 Å². The lowest BCUT2D eigenvalue weighted by Crippen LogP contribution is -2.00. The predicted octanol–water partition coefficient (Wildman–Crippen LogP) is 3.53. The molecule has 1 heterocycles. The lowest BCUT2D eigenvalue weighted by molar-refractivity contribution is 0.270. The minimum Gasteiger partial charge on any atom is -0.478 e. The summed E-state index contributed by atoms with van der Waals surface area (Å²) >= 11 is 7.68. The Kier molecular flexibility index (Phi) is 8.22. The van der Waals surface area contributed by atoms with E-state index in [1.165, 1.54) is 0 Å². The van der Waals surface area contributed by atoms with Crippen LogP contribution in [0, 0.1) is 0 Å². The van der Waals surface area contributed by atoms with Crippen LogP contribution in [0.15, 0.2) is 12.1 Å². The van der Waals surface area contributed by atoms with E-state index in [4.69, 9.17) is 21.4 Å². The summed E-state index contributed by atoms with van der Waals surface area (Å²) in [5, 5.41) is 9.14. The molecule has 0 aliphatic rings. The summed E-state index contributed by atoms with van der Waals surface area (Å²) in [6.45, 7) is 0.923. The van der Waals surface area contributed by atoms with Crippen molar-refractivity contribution in [3.63, 3.8) is 0 Å². The quantitative estimate of drug-likeness (QED) is 0.558. The van der Waals surface area contributed by atoms with E-state index in [9.17, 15) is 0 Å². The lowest BCUT2D eigenvalue weighted by Gasteiger charge is -2.07. The summed E-state index contributed by atoms with van der Waals surface area (Å²) in [5.74, 6) is 1.52. The molecule has 0 amide bonds. The maximum atomic E-state index is 8.65. The van der Waals surface area contributed by atoms with E-state index in [1.54, 1.807) is 11.8 Å². The maximum absolute atomic E-state index is 8.65. The van der Waals surface area contributed by atoms with Gasteiger partial charge >= 0.3 is 0 Å². The van der Waals surface area contributed by atoms with Gasteiger partial charge in [0.25, 0.3) is 0 Å². The Bertz CT molecular complexity index is 350. The van der Waals surface area contributed by atoms with Crippen molar-refractivity contribution < 1.29 is 9.84 Å². The lowest BCUT2D eigenvalue weighted by atomic mass is 10.2. The van der Waals surface area contributed by atoms with Gasteiger partial charge < -0.3 is 9.84 Å². The minimum absolute atomic E-state index is 0.273. The molecule has 0 aromatic carbocycles. The standard InChI is InChI=1S/C13H20ClNO2S/c1-18-10-11-8-12(14)15-13(9-11)17-7-5-3-2-4-6-16/h8-9,16H,2-7,10H2,1H3. The molecule has 0 radical (unpaired) electrons. The van der Waals surface area contributed by atoms with Crippen LogP contribution in [0.5, 0.6) is 5.88 Å². The van der Waals surface area contributed by atoms with Gasteiger partial charge in [0.15, 0.2) is 0 Å². The number of rotatable bonds is 9. The molecule has 18 heavy (non-hydrogen) atoms. The van der Waals surface area contributed by atoms with Crippen LogP contribution in [0.3, 0.4) is 0 Å². The molecular formula is C13H20ClNO2S. The van der Waals surface area contributed by atoms with Crippen molar-refractivity contribution in [2.75, 3.05) is 19.5 Å². The van der Waals surface area contributed by atoms with E-state index >= 15 is 0 Å². The molecule has 0 spiro atoms. The second kappa shape index (κ2) is 9.48. The number of aliphatic hydroxyl groups is 1. The van der Waals surface area contributed by atoms with Gasteiger partial charge in [-0.3, -0.25) is 0 Å². The third-order valence-corrected chi connectivity index (χ3v) is 3.26. The van der Waals surface area contributed by atoms with Crippen LogP contribution in [-0.4, -0.2) is 29.6 Å². The molecule has 0 bridgehead atoms. The molecule has 0 atom stereocenters. The fourth-order valence-corrected chi connectivity index (χ4v) is 2.31. The number of hydrogen-bond donors (Lipinski definition) is 1. The normalized spacial score (nSPS) is 10.6. The number of unbranched alkanes of at least 4 members (excludes halogenated alkanes) is 3. The minimum atomic E-state index is 0.273. The Morgan fingerprint density at radius 1 is 1.28 bits per heavy atom. The SMILES string of the molecule is CSCc1cc(Cl)nc(OCCCCCCO)c1. The van der Waals surface area contributed by atoms with Gasteiger partial charge in [-0.25, -0.2) is 4.98 Å². The summed E-state index contributed by atoms with van der Waals surface area (Å²) in [6.07, 6.45) is 6.01. The Labute approximate surface area is 118 Å². The average molecular weight is 290 g/mol. The van der Waals surface area contributed by atoms with Crippen molar-refractivity contribution in [1.29, 1.82) is 0 Å². The van der Waals surface area contributed by atoms with Crippen LogP contribution in [0.4, 0.5) is 0 Å². The van der Waals surface area contributed by atoms with E-state index in [2.05, 4.69) is 11.2 Å². The monoisotopic (exact) mass is 289 g/mol. The smallest absolute Gasteiger partial charge is 0.214 e. The zero-order chi connectivity index (χ0) is 13.2. The fourth-order valence-electron chi connectivity index (χ4n) is 1.59. The largest absolute Gasteiger partial charge is 0.478 e. The number of ether oxygens (including phenoxy) is 1. The molecule has 0 aliphatic heterocycles. The van der Waals surface area contributed by atoms with Crippen LogP contribution in [0.1, 0.15) is 31.2 Å². The summed E-state index contributed by atoms with van der Waals surface area (Å²) in [7, 11) is 0. The molecule has 0 aliphatic carbocycles. The summed E-state index contributed by atoms with van der Waals surface area (Å²) in [5.41, 5.74) is 1.14. The molecule has 0 unspecified atom stereocenters.